The molecule has 1 fully saturated rings. The van der Waals surface area contributed by atoms with Crippen molar-refractivity contribution >= 4 is 12.1 Å². The van der Waals surface area contributed by atoms with Crippen molar-refractivity contribution < 1.29 is 4.79 Å². The highest BCUT2D eigenvalue weighted by Gasteiger charge is 2.19. The lowest BCUT2D eigenvalue weighted by Crippen LogP contribution is -2.49. The second kappa shape index (κ2) is 5.27. The Balaban J connectivity index is 1.97. The topological polar surface area (TPSA) is 36.4 Å². The molecular formula is C13H19N3O. The quantitative estimate of drug-likeness (QED) is 0.740. The van der Waals surface area contributed by atoms with E-state index in [0.717, 1.165) is 38.3 Å². The number of piperazine rings is 1. The molecule has 1 aliphatic heterocycles. The summed E-state index contributed by atoms with van der Waals surface area (Å²) >= 11 is 0. The summed E-state index contributed by atoms with van der Waals surface area (Å²) in [4.78, 5) is 19.6. The van der Waals surface area contributed by atoms with Crippen LogP contribution in [0, 0.1) is 0 Å². The van der Waals surface area contributed by atoms with Gasteiger partial charge in [-0.3, -0.25) is 9.69 Å². The van der Waals surface area contributed by atoms with Crippen molar-refractivity contribution in [2.75, 3.05) is 31.1 Å². The van der Waals surface area contributed by atoms with Gasteiger partial charge in [0.2, 0.25) is 0 Å². The number of rotatable bonds is 3. The SMILES string of the molecule is CC(C)N1CCN(c2ccc(C=O)cn2)CC1. The van der Waals surface area contributed by atoms with Crippen molar-refractivity contribution in [2.24, 2.45) is 0 Å². The molecule has 0 atom stereocenters. The summed E-state index contributed by atoms with van der Waals surface area (Å²) in [6, 6.07) is 4.36. The first-order valence-electron chi connectivity index (χ1n) is 6.11. The fourth-order valence-electron chi connectivity index (χ4n) is 2.12. The van der Waals surface area contributed by atoms with Gasteiger partial charge in [0.15, 0.2) is 6.29 Å². The van der Waals surface area contributed by atoms with Gasteiger partial charge >= 0.3 is 0 Å². The first kappa shape index (κ1) is 12.0. The second-order valence-corrected chi connectivity index (χ2v) is 4.68. The van der Waals surface area contributed by atoms with E-state index in [1.54, 1.807) is 6.20 Å². The van der Waals surface area contributed by atoms with Gasteiger partial charge in [0, 0.05) is 44.0 Å². The molecule has 1 saturated heterocycles. The van der Waals surface area contributed by atoms with E-state index in [1.165, 1.54) is 0 Å². The number of hydrogen-bond acceptors (Lipinski definition) is 4. The van der Waals surface area contributed by atoms with Crippen LogP contribution in [0.5, 0.6) is 0 Å². The minimum Gasteiger partial charge on any atom is -0.354 e. The molecule has 1 aliphatic rings. The summed E-state index contributed by atoms with van der Waals surface area (Å²) < 4.78 is 0. The molecule has 92 valence electrons. The number of pyridine rings is 1. The number of anilines is 1. The van der Waals surface area contributed by atoms with Crippen molar-refractivity contribution in [1.82, 2.24) is 9.88 Å². The fourth-order valence-corrected chi connectivity index (χ4v) is 2.12. The Morgan fingerprint density at radius 2 is 1.94 bits per heavy atom. The van der Waals surface area contributed by atoms with E-state index in [0.29, 0.717) is 11.6 Å². The largest absolute Gasteiger partial charge is 0.354 e. The molecule has 1 aromatic heterocycles. The van der Waals surface area contributed by atoms with Gasteiger partial charge in [-0.05, 0) is 26.0 Å². The van der Waals surface area contributed by atoms with E-state index < -0.39 is 0 Å². The molecule has 0 amide bonds. The van der Waals surface area contributed by atoms with Crippen LogP contribution < -0.4 is 4.90 Å². The maximum absolute atomic E-state index is 10.6. The number of nitrogens with zero attached hydrogens (tertiary/aromatic N) is 3. The Hall–Kier alpha value is -1.42. The number of hydrogen-bond donors (Lipinski definition) is 0. The van der Waals surface area contributed by atoms with E-state index in [4.69, 9.17) is 0 Å². The van der Waals surface area contributed by atoms with Crippen LogP contribution in [0.2, 0.25) is 0 Å². The smallest absolute Gasteiger partial charge is 0.151 e. The number of carbonyl (C=O) groups excluding carboxylic acids is 1. The zero-order chi connectivity index (χ0) is 12.3. The van der Waals surface area contributed by atoms with E-state index in [2.05, 4.69) is 28.6 Å². The first-order chi connectivity index (χ1) is 8.20. The Labute approximate surface area is 102 Å². The second-order valence-electron chi connectivity index (χ2n) is 4.68. The van der Waals surface area contributed by atoms with Crippen LogP contribution in [-0.4, -0.2) is 48.4 Å². The molecule has 0 spiro atoms. The molecule has 4 heteroatoms. The van der Waals surface area contributed by atoms with Crippen molar-refractivity contribution in [3.63, 3.8) is 0 Å². The minimum atomic E-state index is 0.613. The summed E-state index contributed by atoms with van der Waals surface area (Å²) in [5.74, 6) is 0.971. The molecule has 17 heavy (non-hydrogen) atoms. The molecule has 0 aromatic carbocycles. The predicted molar refractivity (Wildman–Crippen MR) is 68.5 cm³/mol. The van der Waals surface area contributed by atoms with Gasteiger partial charge in [-0.15, -0.1) is 0 Å². The van der Waals surface area contributed by atoms with Gasteiger partial charge in [-0.25, -0.2) is 4.98 Å². The third-order valence-corrected chi connectivity index (χ3v) is 3.28. The average molecular weight is 233 g/mol. The molecule has 0 bridgehead atoms. The predicted octanol–water partition coefficient (Wildman–Crippen LogP) is 1.42. The molecule has 0 radical (unpaired) electrons. The molecule has 0 unspecified atom stereocenters. The van der Waals surface area contributed by atoms with Gasteiger partial charge < -0.3 is 4.90 Å². The van der Waals surface area contributed by atoms with Gasteiger partial charge in [-0.1, -0.05) is 0 Å². The molecule has 0 N–H and O–H groups in total. The summed E-state index contributed by atoms with van der Waals surface area (Å²) in [5.41, 5.74) is 0.634. The fraction of sp³-hybridized carbons (Fsp3) is 0.538. The van der Waals surface area contributed by atoms with Crippen molar-refractivity contribution in [3.05, 3.63) is 23.9 Å². The first-order valence-corrected chi connectivity index (χ1v) is 6.11. The standard InChI is InChI=1S/C13H19N3O/c1-11(2)15-5-7-16(8-6-15)13-4-3-12(10-17)9-14-13/h3-4,9-11H,5-8H2,1-2H3. The van der Waals surface area contributed by atoms with Crippen LogP contribution in [0.3, 0.4) is 0 Å². The van der Waals surface area contributed by atoms with Gasteiger partial charge in [-0.2, -0.15) is 0 Å². The third kappa shape index (κ3) is 2.82. The Morgan fingerprint density at radius 1 is 1.24 bits per heavy atom. The van der Waals surface area contributed by atoms with Gasteiger partial charge in [0.25, 0.3) is 0 Å². The van der Waals surface area contributed by atoms with E-state index in [-0.39, 0.29) is 0 Å². The highest BCUT2D eigenvalue weighted by molar-refractivity contribution is 5.74. The minimum absolute atomic E-state index is 0.613. The van der Waals surface area contributed by atoms with Gasteiger partial charge in [0.1, 0.15) is 5.82 Å². The molecule has 2 heterocycles. The average Bonchev–Trinajstić information content (AvgIpc) is 2.39. The zero-order valence-corrected chi connectivity index (χ0v) is 10.5. The van der Waals surface area contributed by atoms with Gasteiger partial charge in [0.05, 0.1) is 0 Å². The lowest BCUT2D eigenvalue weighted by molar-refractivity contribution is 0.112. The van der Waals surface area contributed by atoms with Crippen LogP contribution in [0.15, 0.2) is 18.3 Å². The van der Waals surface area contributed by atoms with E-state index >= 15 is 0 Å². The van der Waals surface area contributed by atoms with Crippen molar-refractivity contribution in [3.8, 4) is 0 Å². The maximum Gasteiger partial charge on any atom is 0.151 e. The molecule has 1 aromatic rings. The molecule has 2 rings (SSSR count). The van der Waals surface area contributed by atoms with Crippen LogP contribution in [0.1, 0.15) is 24.2 Å². The molecule has 4 nitrogen and oxygen atoms in total. The van der Waals surface area contributed by atoms with E-state index in [1.807, 2.05) is 12.1 Å². The molecule has 0 saturated carbocycles. The Bertz CT molecular complexity index is 367. The highest BCUT2D eigenvalue weighted by atomic mass is 16.1. The number of aromatic nitrogens is 1. The lowest BCUT2D eigenvalue weighted by atomic mass is 10.2. The maximum atomic E-state index is 10.6. The van der Waals surface area contributed by atoms with Crippen molar-refractivity contribution in [1.29, 1.82) is 0 Å². The number of carbonyl (C=O) groups is 1. The summed E-state index contributed by atoms with van der Waals surface area (Å²) in [7, 11) is 0. The van der Waals surface area contributed by atoms with E-state index in [9.17, 15) is 4.79 Å². The summed E-state index contributed by atoms with van der Waals surface area (Å²) in [6.07, 6.45) is 2.46. The Kier molecular flexibility index (Phi) is 3.74. The van der Waals surface area contributed by atoms with Crippen molar-refractivity contribution in [2.45, 2.75) is 19.9 Å². The Morgan fingerprint density at radius 3 is 2.41 bits per heavy atom. The van der Waals surface area contributed by atoms with Crippen LogP contribution >= 0.6 is 0 Å². The number of aldehydes is 1. The lowest BCUT2D eigenvalue weighted by Gasteiger charge is -2.37. The summed E-state index contributed by atoms with van der Waals surface area (Å²) in [6.45, 7) is 8.63. The third-order valence-electron chi connectivity index (χ3n) is 3.28. The van der Waals surface area contributed by atoms with Crippen LogP contribution in [0.4, 0.5) is 5.82 Å². The summed E-state index contributed by atoms with van der Waals surface area (Å²) in [5, 5.41) is 0. The zero-order valence-electron chi connectivity index (χ0n) is 10.5. The monoisotopic (exact) mass is 233 g/mol. The molecular weight excluding hydrogens is 214 g/mol. The molecule has 0 aliphatic carbocycles. The van der Waals surface area contributed by atoms with Crippen LogP contribution in [0.25, 0.3) is 0 Å². The highest BCUT2D eigenvalue weighted by Crippen LogP contribution is 2.14. The van der Waals surface area contributed by atoms with Crippen LogP contribution in [-0.2, 0) is 0 Å². The normalized spacial score (nSPS) is 17.5.